The number of aromatic nitrogens is 1. The average Bonchev–Trinajstić information content (AvgIpc) is 3.05. The maximum Gasteiger partial charge on any atom is 0.293 e. The van der Waals surface area contributed by atoms with Crippen LogP contribution in [-0.4, -0.2) is 18.1 Å². The van der Waals surface area contributed by atoms with Gasteiger partial charge in [0.1, 0.15) is 0 Å². The number of ether oxygens (including phenoxy) is 1. The van der Waals surface area contributed by atoms with Crippen molar-refractivity contribution in [3.8, 4) is 0 Å². The van der Waals surface area contributed by atoms with Crippen LogP contribution in [0.4, 0.5) is 0 Å². The van der Waals surface area contributed by atoms with E-state index >= 15 is 0 Å². The molecule has 3 heteroatoms. The number of nitrogens with zero attached hydrogens (tertiary/aromatic N) is 1. The van der Waals surface area contributed by atoms with Gasteiger partial charge >= 0.3 is 0 Å². The monoisotopic (exact) mass is 193 g/mol. The molecule has 0 atom stereocenters. The van der Waals surface area contributed by atoms with E-state index in [-0.39, 0.29) is 0 Å². The van der Waals surface area contributed by atoms with Crippen LogP contribution in [0.2, 0.25) is 0 Å². The van der Waals surface area contributed by atoms with Crippen molar-refractivity contribution >= 4 is 6.47 Å². The topological polar surface area (TPSA) is 39.2 Å². The molecule has 76 valence electrons. The van der Waals surface area contributed by atoms with E-state index in [9.17, 15) is 4.79 Å². The Balaban J connectivity index is 0.000000171. The number of rotatable bonds is 3. The Bertz CT molecular complexity index is 257. The number of hydrogen-bond acceptors (Lipinski definition) is 3. The average molecular weight is 193 g/mol. The van der Waals surface area contributed by atoms with Gasteiger partial charge in [-0.05, 0) is 43.4 Å². The molecule has 0 unspecified atom stereocenters. The number of hydrogen-bond donors (Lipinski definition) is 0. The highest BCUT2D eigenvalue weighted by Gasteiger charge is 2.22. The summed E-state index contributed by atoms with van der Waals surface area (Å²) in [4.78, 5) is 13.1. The van der Waals surface area contributed by atoms with Gasteiger partial charge in [-0.2, -0.15) is 0 Å². The summed E-state index contributed by atoms with van der Waals surface area (Å²) in [6, 6.07) is 4.22. The standard InChI is InChI=1S/C8H9N.C3H6O2/c1-2-7(1)8-3-5-9-6-4-8;1-2-5-3-4/h3-7H,1-2H2;3H,2H2,1H3. The van der Waals surface area contributed by atoms with Crippen LogP contribution in [0.15, 0.2) is 24.5 Å². The lowest BCUT2D eigenvalue weighted by atomic mass is 10.2. The van der Waals surface area contributed by atoms with Gasteiger partial charge in [-0.15, -0.1) is 0 Å². The molecule has 0 saturated heterocycles. The third kappa shape index (κ3) is 4.03. The third-order valence-corrected chi connectivity index (χ3v) is 1.99. The van der Waals surface area contributed by atoms with Gasteiger partial charge in [0.2, 0.25) is 0 Å². The minimum absolute atomic E-state index is 0.431. The molecule has 0 aromatic carbocycles. The van der Waals surface area contributed by atoms with Crippen LogP contribution in [0.25, 0.3) is 0 Å². The van der Waals surface area contributed by atoms with Crippen LogP contribution in [0.5, 0.6) is 0 Å². The quantitative estimate of drug-likeness (QED) is 0.690. The highest BCUT2D eigenvalue weighted by atomic mass is 16.5. The SMILES string of the molecule is CCOC=O.c1cc(C2CC2)ccn1. The van der Waals surface area contributed by atoms with Crippen LogP contribution < -0.4 is 0 Å². The zero-order chi connectivity index (χ0) is 10.2. The van der Waals surface area contributed by atoms with Crippen molar-refractivity contribution in [1.29, 1.82) is 0 Å². The van der Waals surface area contributed by atoms with Gasteiger partial charge < -0.3 is 4.74 Å². The van der Waals surface area contributed by atoms with Crippen molar-refractivity contribution < 1.29 is 9.53 Å². The van der Waals surface area contributed by atoms with Crippen molar-refractivity contribution in [3.05, 3.63) is 30.1 Å². The second-order valence-corrected chi connectivity index (χ2v) is 3.11. The molecular formula is C11H15NO2. The minimum Gasteiger partial charge on any atom is -0.468 e. The predicted molar refractivity (Wildman–Crippen MR) is 53.9 cm³/mol. The van der Waals surface area contributed by atoms with Gasteiger partial charge in [-0.1, -0.05) is 0 Å². The van der Waals surface area contributed by atoms with Gasteiger partial charge in [-0.25, -0.2) is 0 Å². The lowest BCUT2D eigenvalue weighted by Crippen LogP contribution is -1.80. The van der Waals surface area contributed by atoms with Crippen LogP contribution in [0.3, 0.4) is 0 Å². The molecular weight excluding hydrogens is 178 g/mol. The van der Waals surface area contributed by atoms with Gasteiger partial charge in [0.15, 0.2) is 0 Å². The first-order chi connectivity index (χ1) is 6.88. The first-order valence-corrected chi connectivity index (χ1v) is 4.83. The van der Waals surface area contributed by atoms with E-state index in [0.717, 1.165) is 5.92 Å². The highest BCUT2D eigenvalue weighted by molar-refractivity contribution is 5.36. The molecule has 3 nitrogen and oxygen atoms in total. The normalized spacial score (nSPS) is 13.8. The molecule has 1 aliphatic rings. The summed E-state index contributed by atoms with van der Waals surface area (Å²) >= 11 is 0. The Morgan fingerprint density at radius 2 is 2.14 bits per heavy atom. The van der Waals surface area contributed by atoms with Gasteiger partial charge in [0.05, 0.1) is 6.61 Å². The van der Waals surface area contributed by atoms with Gasteiger partial charge in [-0.3, -0.25) is 9.78 Å². The molecule has 0 spiro atoms. The van der Waals surface area contributed by atoms with Crippen LogP contribution >= 0.6 is 0 Å². The Kier molecular flexibility index (Phi) is 4.69. The molecule has 14 heavy (non-hydrogen) atoms. The number of carbonyl (C=O) groups is 1. The smallest absolute Gasteiger partial charge is 0.293 e. The fourth-order valence-corrected chi connectivity index (χ4v) is 1.12. The Morgan fingerprint density at radius 3 is 2.50 bits per heavy atom. The summed E-state index contributed by atoms with van der Waals surface area (Å²) in [6.07, 6.45) is 6.50. The molecule has 1 aromatic heterocycles. The second kappa shape index (κ2) is 6.13. The molecule has 2 rings (SSSR count). The highest BCUT2D eigenvalue weighted by Crippen LogP contribution is 2.39. The lowest BCUT2D eigenvalue weighted by Gasteiger charge is -1.91. The maximum atomic E-state index is 9.18. The van der Waals surface area contributed by atoms with E-state index in [4.69, 9.17) is 0 Å². The summed E-state index contributed by atoms with van der Waals surface area (Å²) in [5.74, 6) is 0.869. The number of pyridine rings is 1. The van der Waals surface area contributed by atoms with E-state index in [2.05, 4.69) is 21.9 Å². The summed E-state index contributed by atoms with van der Waals surface area (Å²) in [7, 11) is 0. The molecule has 0 bridgehead atoms. The lowest BCUT2D eigenvalue weighted by molar-refractivity contribution is -0.128. The molecule has 1 aromatic rings. The fraction of sp³-hybridized carbons (Fsp3) is 0.455. The Labute approximate surface area is 84.1 Å². The maximum absolute atomic E-state index is 9.18. The van der Waals surface area contributed by atoms with E-state index in [1.807, 2.05) is 12.4 Å². The fourth-order valence-electron chi connectivity index (χ4n) is 1.12. The van der Waals surface area contributed by atoms with E-state index in [1.54, 1.807) is 6.92 Å². The van der Waals surface area contributed by atoms with Crippen LogP contribution in [0, 0.1) is 0 Å². The van der Waals surface area contributed by atoms with Crippen molar-refractivity contribution in [2.75, 3.05) is 6.61 Å². The zero-order valence-corrected chi connectivity index (χ0v) is 8.35. The largest absolute Gasteiger partial charge is 0.468 e. The minimum atomic E-state index is 0.431. The summed E-state index contributed by atoms with van der Waals surface area (Å²) in [5.41, 5.74) is 1.46. The van der Waals surface area contributed by atoms with Gasteiger partial charge in [0.25, 0.3) is 6.47 Å². The van der Waals surface area contributed by atoms with Gasteiger partial charge in [0, 0.05) is 12.4 Å². The molecule has 0 radical (unpaired) electrons. The molecule has 0 amide bonds. The summed E-state index contributed by atoms with van der Waals surface area (Å²) in [5, 5.41) is 0. The third-order valence-electron chi connectivity index (χ3n) is 1.99. The van der Waals surface area contributed by atoms with Crippen molar-refractivity contribution in [3.63, 3.8) is 0 Å². The van der Waals surface area contributed by atoms with Crippen molar-refractivity contribution in [1.82, 2.24) is 4.98 Å². The molecule has 0 aliphatic heterocycles. The molecule has 1 fully saturated rings. The second-order valence-electron chi connectivity index (χ2n) is 3.11. The molecule has 1 saturated carbocycles. The first-order valence-electron chi connectivity index (χ1n) is 4.83. The predicted octanol–water partition coefficient (Wildman–Crippen LogP) is 2.14. The van der Waals surface area contributed by atoms with E-state index in [0.29, 0.717) is 13.1 Å². The van der Waals surface area contributed by atoms with Crippen molar-refractivity contribution in [2.24, 2.45) is 0 Å². The molecule has 0 N–H and O–H groups in total. The Hall–Kier alpha value is -1.38. The summed E-state index contributed by atoms with van der Waals surface area (Å²) < 4.78 is 4.15. The van der Waals surface area contributed by atoms with Crippen LogP contribution in [0.1, 0.15) is 31.2 Å². The summed E-state index contributed by atoms with van der Waals surface area (Å²) in [6.45, 7) is 2.66. The number of carbonyl (C=O) groups excluding carboxylic acids is 1. The zero-order valence-electron chi connectivity index (χ0n) is 8.35. The van der Waals surface area contributed by atoms with E-state index in [1.165, 1.54) is 18.4 Å². The van der Waals surface area contributed by atoms with E-state index < -0.39 is 0 Å². The Morgan fingerprint density at radius 1 is 1.50 bits per heavy atom. The molecule has 1 heterocycles. The molecule has 1 aliphatic carbocycles. The first kappa shape index (κ1) is 10.7. The van der Waals surface area contributed by atoms with Crippen LogP contribution in [-0.2, 0) is 9.53 Å². The van der Waals surface area contributed by atoms with Crippen molar-refractivity contribution in [2.45, 2.75) is 25.7 Å².